The number of carbonyl (C=O) groups is 1. The Morgan fingerprint density at radius 1 is 1.00 bits per heavy atom. The second-order valence-corrected chi connectivity index (χ2v) is 5.15. The summed E-state index contributed by atoms with van der Waals surface area (Å²) in [6.45, 7) is 0. The topological polar surface area (TPSA) is 119 Å². The number of anilines is 2. The van der Waals surface area contributed by atoms with Crippen LogP contribution in [-0.4, -0.2) is 29.8 Å². The number of nitro groups is 2. The first kappa shape index (κ1) is 16.9. The van der Waals surface area contributed by atoms with Crippen LogP contribution in [0.15, 0.2) is 42.5 Å². The molecule has 0 radical (unpaired) electrons. The van der Waals surface area contributed by atoms with Gasteiger partial charge in [0.1, 0.15) is 0 Å². The number of nitrogens with zero attached hydrogens (tertiary/aromatic N) is 3. The number of nitrogens with one attached hydrogen (secondary N) is 1. The van der Waals surface area contributed by atoms with Crippen LogP contribution in [0.25, 0.3) is 0 Å². The molecule has 1 N–H and O–H groups in total. The van der Waals surface area contributed by atoms with Gasteiger partial charge in [-0.1, -0.05) is 6.07 Å². The van der Waals surface area contributed by atoms with Gasteiger partial charge in [-0.15, -0.1) is 0 Å². The van der Waals surface area contributed by atoms with Crippen LogP contribution in [0.2, 0.25) is 0 Å². The van der Waals surface area contributed by atoms with Gasteiger partial charge < -0.3 is 10.2 Å². The summed E-state index contributed by atoms with van der Waals surface area (Å²) in [5.74, 6) is -0.669. The third-order valence-corrected chi connectivity index (χ3v) is 3.21. The van der Waals surface area contributed by atoms with Crippen LogP contribution in [0.3, 0.4) is 0 Å². The average molecular weight is 330 g/mol. The van der Waals surface area contributed by atoms with Gasteiger partial charge in [-0.05, 0) is 18.2 Å². The lowest BCUT2D eigenvalue weighted by molar-refractivity contribution is -0.394. The summed E-state index contributed by atoms with van der Waals surface area (Å²) < 4.78 is 0. The Morgan fingerprint density at radius 3 is 2.08 bits per heavy atom. The van der Waals surface area contributed by atoms with E-state index in [9.17, 15) is 25.0 Å². The van der Waals surface area contributed by atoms with Crippen molar-refractivity contribution in [2.45, 2.75) is 0 Å². The largest absolute Gasteiger partial charge is 0.378 e. The standard InChI is InChI=1S/C15H14N4O5/c1-17(2)12-5-3-4-11(8-12)16-15(20)10-6-13(18(21)22)9-14(7-10)19(23)24/h3-9H,1-2H3,(H,16,20). The summed E-state index contributed by atoms with van der Waals surface area (Å²) in [5, 5.41) is 24.3. The predicted molar refractivity (Wildman–Crippen MR) is 88.5 cm³/mol. The third-order valence-electron chi connectivity index (χ3n) is 3.21. The van der Waals surface area contributed by atoms with Crippen LogP contribution in [0.1, 0.15) is 10.4 Å². The van der Waals surface area contributed by atoms with E-state index in [4.69, 9.17) is 0 Å². The molecule has 2 aromatic rings. The number of non-ortho nitro benzene ring substituents is 2. The molecule has 0 aliphatic rings. The first-order valence-corrected chi connectivity index (χ1v) is 6.80. The van der Waals surface area contributed by atoms with Crippen molar-refractivity contribution >= 4 is 28.7 Å². The van der Waals surface area contributed by atoms with Gasteiger partial charge in [0, 0.05) is 37.6 Å². The van der Waals surface area contributed by atoms with Crippen molar-refractivity contribution in [3.63, 3.8) is 0 Å². The Hall–Kier alpha value is -3.49. The number of rotatable bonds is 5. The minimum atomic E-state index is -0.781. The lowest BCUT2D eigenvalue weighted by Crippen LogP contribution is -2.14. The highest BCUT2D eigenvalue weighted by Gasteiger charge is 2.20. The van der Waals surface area contributed by atoms with Gasteiger partial charge >= 0.3 is 0 Å². The molecule has 0 unspecified atom stereocenters. The number of hydrogen-bond acceptors (Lipinski definition) is 6. The lowest BCUT2D eigenvalue weighted by Gasteiger charge is -2.14. The Morgan fingerprint density at radius 2 is 1.58 bits per heavy atom. The Labute approximate surface area is 136 Å². The zero-order valence-corrected chi connectivity index (χ0v) is 12.9. The van der Waals surface area contributed by atoms with Crippen molar-refractivity contribution in [1.82, 2.24) is 0 Å². The van der Waals surface area contributed by atoms with E-state index >= 15 is 0 Å². The summed E-state index contributed by atoms with van der Waals surface area (Å²) in [5.41, 5.74) is 0.122. The molecule has 2 aromatic carbocycles. The van der Waals surface area contributed by atoms with E-state index in [0.717, 1.165) is 23.9 Å². The molecule has 9 heteroatoms. The Balaban J connectivity index is 2.34. The molecule has 0 saturated heterocycles. The van der Waals surface area contributed by atoms with Crippen molar-refractivity contribution in [3.8, 4) is 0 Å². The summed E-state index contributed by atoms with van der Waals surface area (Å²) >= 11 is 0. The second kappa shape index (κ2) is 6.73. The van der Waals surface area contributed by atoms with E-state index in [0.29, 0.717) is 5.69 Å². The predicted octanol–water partition coefficient (Wildman–Crippen LogP) is 2.82. The molecule has 2 rings (SSSR count). The molecule has 0 aromatic heterocycles. The molecule has 124 valence electrons. The van der Waals surface area contributed by atoms with Gasteiger partial charge in [-0.3, -0.25) is 25.0 Å². The second-order valence-electron chi connectivity index (χ2n) is 5.15. The van der Waals surface area contributed by atoms with Crippen molar-refractivity contribution < 1.29 is 14.6 Å². The zero-order chi connectivity index (χ0) is 17.9. The molecule has 0 spiro atoms. The van der Waals surface area contributed by atoms with Gasteiger partial charge in [-0.25, -0.2) is 0 Å². The fourth-order valence-electron chi connectivity index (χ4n) is 2.00. The first-order valence-electron chi connectivity index (χ1n) is 6.80. The first-order chi connectivity index (χ1) is 11.3. The summed E-state index contributed by atoms with van der Waals surface area (Å²) in [6, 6.07) is 9.74. The van der Waals surface area contributed by atoms with Gasteiger partial charge in [0.05, 0.1) is 21.5 Å². The quantitative estimate of drug-likeness (QED) is 0.665. The average Bonchev–Trinajstić information content (AvgIpc) is 2.54. The van der Waals surface area contributed by atoms with Gasteiger partial charge in [0.2, 0.25) is 0 Å². The molecule has 24 heavy (non-hydrogen) atoms. The molecule has 0 fully saturated rings. The van der Waals surface area contributed by atoms with Crippen molar-refractivity contribution in [1.29, 1.82) is 0 Å². The number of amides is 1. The minimum Gasteiger partial charge on any atom is -0.378 e. The summed E-state index contributed by atoms with van der Waals surface area (Å²) in [7, 11) is 3.68. The van der Waals surface area contributed by atoms with Crippen molar-refractivity contribution in [2.75, 3.05) is 24.3 Å². The van der Waals surface area contributed by atoms with E-state index in [1.807, 2.05) is 25.1 Å². The van der Waals surface area contributed by atoms with Crippen molar-refractivity contribution in [2.24, 2.45) is 0 Å². The minimum absolute atomic E-state index is 0.161. The molecule has 0 bridgehead atoms. The van der Waals surface area contributed by atoms with Crippen LogP contribution in [0.4, 0.5) is 22.7 Å². The highest BCUT2D eigenvalue weighted by Crippen LogP contribution is 2.24. The Bertz CT molecular complexity index is 787. The fourth-order valence-corrected chi connectivity index (χ4v) is 2.00. The van der Waals surface area contributed by atoms with Crippen LogP contribution >= 0.6 is 0 Å². The fraction of sp³-hybridized carbons (Fsp3) is 0.133. The van der Waals surface area contributed by atoms with Crippen LogP contribution in [-0.2, 0) is 0 Å². The van der Waals surface area contributed by atoms with Gasteiger partial charge in [0.15, 0.2) is 0 Å². The number of hydrogen-bond donors (Lipinski definition) is 1. The molecule has 0 atom stereocenters. The maximum Gasteiger partial charge on any atom is 0.277 e. The van der Waals surface area contributed by atoms with Crippen LogP contribution in [0, 0.1) is 20.2 Å². The molecular formula is C15H14N4O5. The van der Waals surface area contributed by atoms with Gasteiger partial charge in [-0.2, -0.15) is 0 Å². The monoisotopic (exact) mass is 330 g/mol. The molecule has 0 aliphatic carbocycles. The molecule has 1 amide bonds. The van der Waals surface area contributed by atoms with Gasteiger partial charge in [0.25, 0.3) is 17.3 Å². The van der Waals surface area contributed by atoms with Crippen LogP contribution < -0.4 is 10.2 Å². The molecule has 9 nitrogen and oxygen atoms in total. The highest BCUT2D eigenvalue weighted by atomic mass is 16.6. The molecule has 0 saturated carbocycles. The SMILES string of the molecule is CN(C)c1cccc(NC(=O)c2cc([N+](=O)[O-])cc([N+](=O)[O-])c2)c1. The molecule has 0 heterocycles. The van der Waals surface area contributed by atoms with E-state index in [-0.39, 0.29) is 5.56 Å². The normalized spacial score (nSPS) is 10.1. The third kappa shape index (κ3) is 3.83. The number of nitro benzene ring substituents is 2. The number of benzene rings is 2. The summed E-state index contributed by atoms with van der Waals surface area (Å²) in [4.78, 5) is 34.3. The zero-order valence-electron chi connectivity index (χ0n) is 12.9. The molecular weight excluding hydrogens is 316 g/mol. The maximum absolute atomic E-state index is 12.3. The lowest BCUT2D eigenvalue weighted by atomic mass is 10.1. The summed E-state index contributed by atoms with van der Waals surface area (Å²) in [6.07, 6.45) is 0. The number of carbonyl (C=O) groups excluding carboxylic acids is 1. The van der Waals surface area contributed by atoms with E-state index in [1.165, 1.54) is 0 Å². The molecule has 0 aliphatic heterocycles. The highest BCUT2D eigenvalue weighted by molar-refractivity contribution is 6.05. The maximum atomic E-state index is 12.3. The van der Waals surface area contributed by atoms with E-state index < -0.39 is 27.1 Å². The van der Waals surface area contributed by atoms with E-state index in [1.54, 1.807) is 18.2 Å². The van der Waals surface area contributed by atoms with Crippen LogP contribution in [0.5, 0.6) is 0 Å². The van der Waals surface area contributed by atoms with E-state index in [2.05, 4.69) is 5.32 Å². The smallest absolute Gasteiger partial charge is 0.277 e. The van der Waals surface area contributed by atoms with Crippen molar-refractivity contribution in [3.05, 3.63) is 68.3 Å². The Kier molecular flexibility index (Phi) is 4.73.